The quantitative estimate of drug-likeness (QED) is 0.0634. The van der Waals surface area contributed by atoms with Gasteiger partial charge in [-0.25, -0.2) is 40.6 Å². The van der Waals surface area contributed by atoms with Crippen LogP contribution in [-0.2, 0) is 24.5 Å². The standard InChI is InChI=1S/C35H29N17O13S2/c1-14-24(43-45-28-22(66(3,61)62)11-38-49(28)19-6-16(30(54)55)5-17(7-19)31(56)57)26(36)51(47-14)33-40-34(42-35(60)41-33)52-27(37)25(15(2)48-52)44-46-29-23(67(4,63)64)12-39-50(29)20-8-18(32(58)59)9-21(10-20)65-13-53/h5-13H,36-37H2,1-4H3,(H,54,55)(H,56,57)(H,58,59)(H,40,41,42,60). The Kier molecular flexibility index (Phi) is 11.6. The van der Waals surface area contributed by atoms with Crippen molar-refractivity contribution in [3.05, 3.63) is 76.9 Å². The number of aryl methyl sites for hydroxylation is 2. The first-order valence-electron chi connectivity index (χ1n) is 18.1. The molecule has 2 aromatic carbocycles. The Balaban J connectivity index is 1.27. The summed E-state index contributed by atoms with van der Waals surface area (Å²) in [5.74, 6) is -7.05. The van der Waals surface area contributed by atoms with Crippen molar-refractivity contribution in [2.24, 2.45) is 20.5 Å². The second kappa shape index (κ2) is 17.0. The second-order valence-corrected chi connectivity index (χ2v) is 17.7. The fourth-order valence-electron chi connectivity index (χ4n) is 6.02. The zero-order valence-electron chi connectivity index (χ0n) is 34.3. The van der Waals surface area contributed by atoms with Crippen LogP contribution in [0, 0.1) is 13.8 Å². The molecular formula is C35H29N17O13S2. The van der Waals surface area contributed by atoms with Gasteiger partial charge in [-0.05, 0) is 44.2 Å². The van der Waals surface area contributed by atoms with Crippen molar-refractivity contribution < 1.29 is 61.2 Å². The van der Waals surface area contributed by atoms with E-state index in [2.05, 4.69) is 55.8 Å². The normalized spacial score (nSPS) is 12.0. The molecule has 7 aromatic rings. The maximum Gasteiger partial charge on any atom is 0.335 e. The lowest BCUT2D eigenvalue weighted by atomic mass is 10.1. The number of rotatable bonds is 15. The number of aromatic hydroxyl groups is 1. The van der Waals surface area contributed by atoms with Crippen LogP contribution in [0.4, 0.5) is 34.6 Å². The number of benzene rings is 2. The van der Waals surface area contributed by atoms with Gasteiger partial charge in [-0.15, -0.1) is 20.5 Å². The molecule has 0 bridgehead atoms. The summed E-state index contributed by atoms with van der Waals surface area (Å²) in [7, 11) is -8.15. The largest absolute Gasteiger partial charge is 0.479 e. The number of nitrogens with two attached hydrogens (primary N) is 2. The molecule has 0 unspecified atom stereocenters. The van der Waals surface area contributed by atoms with E-state index in [1.165, 1.54) is 19.9 Å². The highest BCUT2D eigenvalue weighted by atomic mass is 32.2. The highest BCUT2D eigenvalue weighted by molar-refractivity contribution is 7.91. The lowest BCUT2D eigenvalue weighted by Crippen LogP contribution is -2.13. The van der Waals surface area contributed by atoms with Gasteiger partial charge in [-0.2, -0.15) is 44.7 Å². The maximum absolute atomic E-state index is 12.8. The third-order valence-electron chi connectivity index (χ3n) is 9.04. The second-order valence-electron chi connectivity index (χ2n) is 13.7. The Hall–Kier alpha value is -9.33. The molecule has 0 atom stereocenters. The van der Waals surface area contributed by atoms with Gasteiger partial charge in [0.15, 0.2) is 54.3 Å². The van der Waals surface area contributed by atoms with Crippen LogP contribution in [0.5, 0.6) is 11.8 Å². The number of carboxylic acids is 3. The van der Waals surface area contributed by atoms with Gasteiger partial charge in [-0.1, -0.05) is 0 Å². The van der Waals surface area contributed by atoms with Crippen molar-refractivity contribution >= 4 is 78.7 Å². The minimum Gasteiger partial charge on any atom is -0.479 e. The molecule has 5 heterocycles. The molecule has 0 aliphatic heterocycles. The lowest BCUT2D eigenvalue weighted by molar-refractivity contribution is -0.120. The minimum atomic E-state index is -4.09. The third-order valence-corrected chi connectivity index (χ3v) is 11.2. The van der Waals surface area contributed by atoms with E-state index < -0.39 is 88.0 Å². The topological polar surface area (TPSA) is 438 Å². The Labute approximate surface area is 373 Å². The molecule has 0 radical (unpaired) electrons. The van der Waals surface area contributed by atoms with Gasteiger partial charge < -0.3 is 36.6 Å². The molecule has 7 rings (SSSR count). The molecule has 67 heavy (non-hydrogen) atoms. The molecule has 0 aliphatic rings. The minimum absolute atomic E-state index is 0.0442. The van der Waals surface area contributed by atoms with E-state index in [0.717, 1.165) is 74.0 Å². The molecule has 8 N–H and O–H groups in total. The average Bonchev–Trinajstić information content (AvgIpc) is 4.02. The van der Waals surface area contributed by atoms with Crippen LogP contribution in [0.3, 0.4) is 0 Å². The Morgan fingerprint density at radius 1 is 0.627 bits per heavy atom. The monoisotopic (exact) mass is 959 g/mol. The highest BCUT2D eigenvalue weighted by Crippen LogP contribution is 2.36. The van der Waals surface area contributed by atoms with Crippen LogP contribution in [-0.4, -0.2) is 128 Å². The van der Waals surface area contributed by atoms with Crippen LogP contribution < -0.4 is 16.2 Å². The molecule has 0 amide bonds. The smallest absolute Gasteiger partial charge is 0.335 e. The van der Waals surface area contributed by atoms with Crippen molar-refractivity contribution in [2.45, 2.75) is 23.6 Å². The van der Waals surface area contributed by atoms with Crippen molar-refractivity contribution in [1.29, 1.82) is 0 Å². The molecule has 5 aromatic heterocycles. The SMILES string of the molecule is Cc1nn(-c2nc(O)nc(-n3nc(C)c(N=Nc4c(S(C)(=O)=O)cnn4-c4cc(C(=O)O)cc(C(=O)O)c4)c3N)n2)c(N)c1N=Nc1c(S(C)(=O)=O)cnn1-c1cc(OC=O)cc(C(=O)O)c1. The lowest BCUT2D eigenvalue weighted by Gasteiger charge is -2.08. The Bertz CT molecular complexity index is 3500. The molecular weight excluding hydrogens is 931 g/mol. The maximum atomic E-state index is 12.8. The first kappa shape index (κ1) is 45.7. The Morgan fingerprint density at radius 2 is 1.03 bits per heavy atom. The zero-order valence-corrected chi connectivity index (χ0v) is 36.0. The van der Waals surface area contributed by atoms with E-state index in [0.29, 0.717) is 0 Å². The number of anilines is 2. The first-order chi connectivity index (χ1) is 31.5. The predicted octanol–water partition coefficient (Wildman–Crippen LogP) is 2.37. The molecule has 344 valence electrons. The summed E-state index contributed by atoms with van der Waals surface area (Å²) in [5, 5.41) is 72.3. The summed E-state index contributed by atoms with van der Waals surface area (Å²) < 4.78 is 59.5. The third kappa shape index (κ3) is 8.94. The van der Waals surface area contributed by atoms with Crippen LogP contribution in [0.25, 0.3) is 23.3 Å². The summed E-state index contributed by atoms with van der Waals surface area (Å²) in [6, 6.07) is 5.40. The van der Waals surface area contributed by atoms with Gasteiger partial charge in [0.05, 0.1) is 51.8 Å². The van der Waals surface area contributed by atoms with Crippen molar-refractivity contribution in [3.8, 4) is 35.0 Å². The number of nitrogens with zero attached hydrogens (tertiary/aromatic N) is 15. The van der Waals surface area contributed by atoms with Gasteiger partial charge in [-0.3, -0.25) is 4.79 Å². The van der Waals surface area contributed by atoms with Gasteiger partial charge in [0, 0.05) is 18.6 Å². The van der Waals surface area contributed by atoms with E-state index >= 15 is 0 Å². The summed E-state index contributed by atoms with van der Waals surface area (Å²) in [6.45, 7) is 2.90. The van der Waals surface area contributed by atoms with Crippen LogP contribution in [0.15, 0.2) is 79.0 Å². The molecule has 32 heteroatoms. The van der Waals surface area contributed by atoms with Crippen LogP contribution in [0.1, 0.15) is 42.5 Å². The van der Waals surface area contributed by atoms with Crippen molar-refractivity contribution in [1.82, 2.24) is 54.1 Å². The molecule has 0 aliphatic carbocycles. The van der Waals surface area contributed by atoms with Crippen LogP contribution in [0.2, 0.25) is 0 Å². The molecule has 0 saturated heterocycles. The van der Waals surface area contributed by atoms with E-state index in [-0.39, 0.29) is 63.6 Å². The van der Waals surface area contributed by atoms with Crippen LogP contribution >= 0.6 is 0 Å². The number of aromatic carboxylic acids is 3. The Morgan fingerprint density at radius 3 is 1.42 bits per heavy atom. The fraction of sp³-hybridized carbons (Fsp3) is 0.114. The van der Waals surface area contributed by atoms with Crippen molar-refractivity contribution in [3.63, 3.8) is 0 Å². The summed E-state index contributed by atoms with van der Waals surface area (Å²) >= 11 is 0. The molecule has 0 fully saturated rings. The number of azo groups is 2. The van der Waals surface area contributed by atoms with E-state index in [4.69, 9.17) is 16.2 Å². The highest BCUT2D eigenvalue weighted by Gasteiger charge is 2.26. The predicted molar refractivity (Wildman–Crippen MR) is 223 cm³/mol. The molecule has 0 saturated carbocycles. The van der Waals surface area contributed by atoms with Gasteiger partial charge >= 0.3 is 23.9 Å². The number of carbonyl (C=O) groups is 4. The fourth-order valence-corrected chi connectivity index (χ4v) is 7.42. The van der Waals surface area contributed by atoms with Crippen molar-refractivity contribution in [2.75, 3.05) is 24.0 Å². The zero-order chi connectivity index (χ0) is 48.9. The van der Waals surface area contributed by atoms with Gasteiger partial charge in [0.2, 0.25) is 0 Å². The number of ether oxygens (including phenoxy) is 1. The number of carboxylic acid groups (broad SMARTS) is 3. The van der Waals surface area contributed by atoms with Gasteiger partial charge in [0.25, 0.3) is 18.4 Å². The van der Waals surface area contributed by atoms with E-state index in [1.54, 1.807) is 0 Å². The molecule has 30 nitrogen and oxygen atoms in total. The summed E-state index contributed by atoms with van der Waals surface area (Å²) in [5.41, 5.74) is 11.0. The van der Waals surface area contributed by atoms with E-state index in [9.17, 15) is 56.4 Å². The first-order valence-corrected chi connectivity index (χ1v) is 21.9. The number of nitrogen functional groups attached to an aromatic ring is 2. The number of hydrogen-bond acceptors (Lipinski definition) is 23. The number of hydrogen-bond donors (Lipinski definition) is 6. The van der Waals surface area contributed by atoms with Gasteiger partial charge in [0.1, 0.15) is 15.5 Å². The number of aromatic nitrogens is 11. The average molecular weight is 960 g/mol. The number of carbonyl (C=O) groups excluding carboxylic acids is 1. The summed E-state index contributed by atoms with van der Waals surface area (Å²) in [6.07, 6.45) is 3.53. The summed E-state index contributed by atoms with van der Waals surface area (Å²) in [4.78, 5) is 57.5. The van der Waals surface area contributed by atoms with E-state index in [1.807, 2.05) is 0 Å². The number of sulfone groups is 2. The molecule has 0 spiro atoms.